The Balaban J connectivity index is 2.19. The van der Waals surface area contributed by atoms with Crippen LogP contribution in [0.2, 0.25) is 0 Å². The minimum absolute atomic E-state index is 0.173. The lowest BCUT2D eigenvalue weighted by atomic mass is 10.2. The van der Waals surface area contributed by atoms with Crippen LogP contribution in [0.4, 0.5) is 15.3 Å². The van der Waals surface area contributed by atoms with Crippen molar-refractivity contribution in [3.63, 3.8) is 0 Å². The van der Waals surface area contributed by atoms with Crippen molar-refractivity contribution >= 4 is 38.4 Å². The lowest BCUT2D eigenvalue weighted by Gasteiger charge is -2.39. The zero-order chi connectivity index (χ0) is 34.3. The topological polar surface area (TPSA) is 118 Å². The van der Waals surface area contributed by atoms with Crippen molar-refractivity contribution in [2.24, 2.45) is 0 Å². The highest BCUT2D eigenvalue weighted by Crippen LogP contribution is 2.70. The minimum Gasteiger partial charge on any atom is -0.428 e. The molecule has 0 bridgehead atoms. The van der Waals surface area contributed by atoms with Crippen LogP contribution >= 0.6 is 10.3 Å². The van der Waals surface area contributed by atoms with Crippen LogP contribution in [0.5, 0.6) is 11.5 Å². The summed E-state index contributed by atoms with van der Waals surface area (Å²) in [6.45, 7) is 12.3. The second-order valence-electron chi connectivity index (χ2n) is 12.7. The number of carbonyl (C=O) groups is 2. The van der Waals surface area contributed by atoms with Crippen molar-refractivity contribution in [2.75, 3.05) is 24.7 Å². The maximum absolute atomic E-state index is 13.6. The fraction of sp³-hybridized carbons (Fsp3) is 0.412. The molecule has 10 nitrogen and oxygen atoms in total. The van der Waals surface area contributed by atoms with Gasteiger partial charge in [0.05, 0.1) is 5.75 Å². The predicted molar refractivity (Wildman–Crippen MR) is 180 cm³/mol. The van der Waals surface area contributed by atoms with E-state index in [0.717, 1.165) is 5.69 Å². The maximum atomic E-state index is 13.6. The van der Waals surface area contributed by atoms with Gasteiger partial charge in [-0.25, -0.2) is 13.2 Å². The quantitative estimate of drug-likeness (QED) is 0.144. The highest BCUT2D eigenvalue weighted by molar-refractivity contribution is 8.33. The smallest absolute Gasteiger partial charge is 0.428 e. The van der Waals surface area contributed by atoms with Gasteiger partial charge in [-0.1, -0.05) is 13.3 Å². The van der Waals surface area contributed by atoms with Crippen LogP contribution in [0, 0.1) is 0 Å². The zero-order valence-corrected chi connectivity index (χ0v) is 29.6. The van der Waals surface area contributed by atoms with E-state index in [9.17, 15) is 18.0 Å². The Morgan fingerprint density at radius 1 is 0.652 bits per heavy atom. The fourth-order valence-corrected chi connectivity index (χ4v) is 9.58. The molecule has 0 amide bonds. The number of carbonyl (C=O) groups excluding carboxylic acids is 2. The first-order valence-corrected chi connectivity index (χ1v) is 18.0. The van der Waals surface area contributed by atoms with E-state index in [1.54, 1.807) is 90.1 Å². The number of nitrogens with zero attached hydrogens (tertiary/aromatic N) is 1. The fourth-order valence-electron chi connectivity index (χ4n) is 4.11. The molecule has 0 heterocycles. The minimum atomic E-state index is -4.06. The number of benzene rings is 3. The molecule has 0 aliphatic rings. The lowest BCUT2D eigenvalue weighted by molar-refractivity contribution is 0.0193. The molecule has 3 aromatic carbocycles. The Labute approximate surface area is 274 Å². The van der Waals surface area contributed by atoms with E-state index in [-0.39, 0.29) is 17.3 Å². The van der Waals surface area contributed by atoms with E-state index in [1.807, 2.05) is 50.2 Å². The summed E-state index contributed by atoms with van der Waals surface area (Å²) in [7, 11) is -3.20. The molecule has 0 aromatic heterocycles. The summed E-state index contributed by atoms with van der Waals surface area (Å²) in [5.74, 6) is 0.252. The van der Waals surface area contributed by atoms with Gasteiger partial charge in [0.1, 0.15) is 22.7 Å². The highest BCUT2D eigenvalue weighted by Gasteiger charge is 2.38. The summed E-state index contributed by atoms with van der Waals surface area (Å²) in [6, 6.07) is 20.4. The van der Waals surface area contributed by atoms with Crippen LogP contribution in [-0.2, 0) is 23.2 Å². The summed E-state index contributed by atoms with van der Waals surface area (Å²) in [5.41, 5.74) is -0.572. The number of ether oxygens (including phenoxy) is 4. The third kappa shape index (κ3) is 10.4. The predicted octanol–water partition coefficient (Wildman–Crippen LogP) is 8.72. The van der Waals surface area contributed by atoms with Crippen LogP contribution in [0.3, 0.4) is 0 Å². The highest BCUT2D eigenvalue weighted by atomic mass is 32.3. The summed E-state index contributed by atoms with van der Waals surface area (Å²) < 4.78 is 54.8. The van der Waals surface area contributed by atoms with Crippen molar-refractivity contribution in [3.05, 3.63) is 72.8 Å². The SMILES string of the molecule is CCCCS(=O)(=O)OS(c1ccc(OC(=O)OC(C)(C)C)cc1)(c1ccc(OC(=O)OC(C)(C)C)cc1)c1ccc(N(C)C)cc1. The first-order chi connectivity index (χ1) is 21.3. The van der Waals surface area contributed by atoms with E-state index in [0.29, 0.717) is 27.5 Å². The zero-order valence-electron chi connectivity index (χ0n) is 28.0. The molecule has 0 fully saturated rings. The molecule has 0 atom stereocenters. The molecule has 0 saturated heterocycles. The van der Waals surface area contributed by atoms with Gasteiger partial charge in [-0.15, -0.1) is 0 Å². The molecule has 0 radical (unpaired) electrons. The van der Waals surface area contributed by atoms with Crippen LogP contribution < -0.4 is 14.4 Å². The molecule has 0 aliphatic carbocycles. The lowest BCUT2D eigenvalue weighted by Crippen LogP contribution is -2.26. The van der Waals surface area contributed by atoms with Gasteiger partial charge in [-0.05, 0) is 131 Å². The number of unbranched alkanes of at least 4 members (excludes halogenated alkanes) is 1. The molecule has 0 spiro atoms. The average molecular weight is 676 g/mol. The van der Waals surface area contributed by atoms with Crippen molar-refractivity contribution in [1.82, 2.24) is 0 Å². The van der Waals surface area contributed by atoms with E-state index >= 15 is 0 Å². The molecule has 46 heavy (non-hydrogen) atoms. The Morgan fingerprint density at radius 3 is 1.35 bits per heavy atom. The second-order valence-corrected chi connectivity index (χ2v) is 17.3. The van der Waals surface area contributed by atoms with Gasteiger partial charge < -0.3 is 23.8 Å². The first-order valence-electron chi connectivity index (χ1n) is 14.9. The molecule has 252 valence electrons. The Bertz CT molecular complexity index is 1500. The monoisotopic (exact) mass is 675 g/mol. The molecule has 3 rings (SSSR count). The van der Waals surface area contributed by atoms with Gasteiger partial charge >= 0.3 is 12.3 Å². The number of rotatable bonds is 11. The molecule has 0 N–H and O–H groups in total. The van der Waals surface area contributed by atoms with Gasteiger partial charge in [0.25, 0.3) is 10.1 Å². The van der Waals surface area contributed by atoms with E-state index in [2.05, 4.69) is 0 Å². The third-order valence-corrected chi connectivity index (χ3v) is 11.4. The maximum Gasteiger partial charge on any atom is 0.514 e. The van der Waals surface area contributed by atoms with Crippen LogP contribution in [0.15, 0.2) is 87.5 Å². The number of hydrogen-bond acceptors (Lipinski definition) is 10. The molecular formula is C34H45NO9S2. The number of hydrogen-bond donors (Lipinski definition) is 0. The summed E-state index contributed by atoms with van der Waals surface area (Å²) >= 11 is 0. The van der Waals surface area contributed by atoms with E-state index < -0.39 is 43.9 Å². The van der Waals surface area contributed by atoms with Crippen molar-refractivity contribution < 1.29 is 40.6 Å². The van der Waals surface area contributed by atoms with Gasteiger partial charge in [0.15, 0.2) is 0 Å². The van der Waals surface area contributed by atoms with E-state index in [4.69, 9.17) is 22.6 Å². The first kappa shape index (κ1) is 36.7. The normalized spacial score (nSPS) is 12.6. The average Bonchev–Trinajstić information content (AvgIpc) is 2.94. The third-order valence-electron chi connectivity index (χ3n) is 6.13. The summed E-state index contributed by atoms with van der Waals surface area (Å²) in [5, 5.41) is 0. The largest absolute Gasteiger partial charge is 0.514 e. The van der Waals surface area contributed by atoms with Gasteiger partial charge in [0.2, 0.25) is 0 Å². The molecular weight excluding hydrogens is 631 g/mol. The molecule has 0 aliphatic heterocycles. The van der Waals surface area contributed by atoms with Crippen molar-refractivity contribution in [3.8, 4) is 11.5 Å². The molecule has 3 aromatic rings. The molecule has 0 saturated carbocycles. The second kappa shape index (κ2) is 14.8. The summed E-state index contributed by atoms with van der Waals surface area (Å²) in [6.07, 6.45) is -0.646. The van der Waals surface area contributed by atoms with Crippen LogP contribution in [-0.4, -0.2) is 51.8 Å². The Hall–Kier alpha value is -3.74. The van der Waals surface area contributed by atoms with Gasteiger partial charge in [0, 0.05) is 34.5 Å². The van der Waals surface area contributed by atoms with E-state index in [1.165, 1.54) is 0 Å². The van der Waals surface area contributed by atoms with Crippen molar-refractivity contribution in [1.29, 1.82) is 0 Å². The standard InChI is InChI=1S/C34H45NO9S2/c1-10-11-24-45(38,39)44-46(28-18-12-25(13-19-28)35(8)9,29-20-14-26(15-21-29)40-31(36)42-33(2,3)4)30-22-16-27(17-23-30)41-32(37)43-34(5,6)7/h12-23H,10-11,24H2,1-9H3. The van der Waals surface area contributed by atoms with Crippen LogP contribution in [0.1, 0.15) is 61.3 Å². The Morgan fingerprint density at radius 2 is 1.02 bits per heavy atom. The van der Waals surface area contributed by atoms with Gasteiger partial charge in [-0.3, -0.25) is 0 Å². The Kier molecular flexibility index (Phi) is 11.8. The summed E-state index contributed by atoms with van der Waals surface area (Å²) in [4.78, 5) is 28.2. The molecule has 0 unspecified atom stereocenters. The molecule has 12 heteroatoms. The van der Waals surface area contributed by atoms with Crippen molar-refractivity contribution in [2.45, 2.75) is 87.2 Å². The number of anilines is 1. The van der Waals surface area contributed by atoms with Gasteiger partial charge in [-0.2, -0.15) is 8.42 Å². The van der Waals surface area contributed by atoms with Crippen LogP contribution in [0.25, 0.3) is 0 Å².